The Hall–Kier alpha value is -1.13. The van der Waals surface area contributed by atoms with E-state index in [0.717, 1.165) is 25.7 Å². The maximum atomic E-state index is 12.5. The molecular formula is C14H16ClN3O2S. The summed E-state index contributed by atoms with van der Waals surface area (Å²) in [5.74, 6) is 0. The Morgan fingerprint density at radius 1 is 1.29 bits per heavy atom. The Morgan fingerprint density at radius 3 is 2.57 bits per heavy atom. The minimum absolute atomic E-state index is 0.0194. The van der Waals surface area contributed by atoms with E-state index in [2.05, 4.69) is 10.0 Å². The van der Waals surface area contributed by atoms with Crippen LogP contribution in [0.15, 0.2) is 23.1 Å². The predicted octanol–water partition coefficient (Wildman–Crippen LogP) is 1.77. The summed E-state index contributed by atoms with van der Waals surface area (Å²) in [5.41, 5.74) is 0.283. The lowest BCUT2D eigenvalue weighted by Crippen LogP contribution is -2.47. The van der Waals surface area contributed by atoms with Gasteiger partial charge in [0.15, 0.2) is 0 Å². The molecule has 7 heteroatoms. The number of halogens is 1. The maximum Gasteiger partial charge on any atom is 0.242 e. The first-order valence-corrected chi connectivity index (χ1v) is 8.82. The highest BCUT2D eigenvalue weighted by molar-refractivity contribution is 7.89. The Kier molecular flexibility index (Phi) is 3.93. The van der Waals surface area contributed by atoms with Gasteiger partial charge in [-0.15, -0.1) is 0 Å². The van der Waals surface area contributed by atoms with Gasteiger partial charge in [-0.1, -0.05) is 11.6 Å². The van der Waals surface area contributed by atoms with E-state index in [1.165, 1.54) is 18.2 Å². The third-order valence-corrected chi connectivity index (χ3v) is 6.15. The second kappa shape index (κ2) is 5.58. The molecule has 2 aliphatic rings. The highest BCUT2D eigenvalue weighted by Gasteiger charge is 2.35. The number of nitrogens with one attached hydrogen (secondary N) is 2. The Balaban J connectivity index is 1.82. The van der Waals surface area contributed by atoms with E-state index in [0.29, 0.717) is 12.1 Å². The molecule has 1 aromatic rings. The fourth-order valence-electron chi connectivity index (χ4n) is 3.22. The van der Waals surface area contributed by atoms with Gasteiger partial charge in [0, 0.05) is 18.1 Å². The van der Waals surface area contributed by atoms with Gasteiger partial charge in [-0.3, -0.25) is 0 Å². The van der Waals surface area contributed by atoms with Crippen molar-refractivity contribution in [1.82, 2.24) is 10.0 Å². The van der Waals surface area contributed by atoms with Gasteiger partial charge in [0.05, 0.1) is 16.7 Å². The van der Waals surface area contributed by atoms with Gasteiger partial charge in [0.25, 0.3) is 0 Å². The van der Waals surface area contributed by atoms with Crippen LogP contribution < -0.4 is 10.0 Å². The van der Waals surface area contributed by atoms with E-state index >= 15 is 0 Å². The fraction of sp³-hybridized carbons (Fsp3) is 0.500. The van der Waals surface area contributed by atoms with Crippen LogP contribution in [0.4, 0.5) is 0 Å². The summed E-state index contributed by atoms with van der Waals surface area (Å²) in [4.78, 5) is -0.0194. The second-order valence-electron chi connectivity index (χ2n) is 5.68. The number of nitriles is 1. The number of piperidine rings is 1. The highest BCUT2D eigenvalue weighted by Crippen LogP contribution is 2.29. The lowest BCUT2D eigenvalue weighted by atomic mass is 10.0. The number of rotatable bonds is 3. The first-order valence-electron chi connectivity index (χ1n) is 6.96. The average Bonchev–Trinajstić information content (AvgIpc) is 2.78. The number of nitrogens with zero attached hydrogens (tertiary/aromatic N) is 1. The number of hydrogen-bond acceptors (Lipinski definition) is 4. The van der Waals surface area contributed by atoms with Crippen LogP contribution in [0.25, 0.3) is 0 Å². The van der Waals surface area contributed by atoms with Gasteiger partial charge in [-0.2, -0.15) is 5.26 Å². The van der Waals surface area contributed by atoms with Crippen LogP contribution in [0, 0.1) is 11.3 Å². The van der Waals surface area contributed by atoms with Crippen molar-refractivity contribution in [3.63, 3.8) is 0 Å². The quantitative estimate of drug-likeness (QED) is 0.887. The summed E-state index contributed by atoms with van der Waals surface area (Å²) in [7, 11) is -3.70. The number of benzene rings is 1. The van der Waals surface area contributed by atoms with Crippen LogP contribution >= 0.6 is 11.6 Å². The van der Waals surface area contributed by atoms with Crippen molar-refractivity contribution < 1.29 is 8.42 Å². The van der Waals surface area contributed by atoms with Gasteiger partial charge < -0.3 is 5.32 Å². The van der Waals surface area contributed by atoms with Crippen LogP contribution in [-0.2, 0) is 10.0 Å². The van der Waals surface area contributed by atoms with Gasteiger partial charge in [-0.05, 0) is 43.9 Å². The molecule has 0 aliphatic carbocycles. The molecule has 0 aromatic heterocycles. The predicted molar refractivity (Wildman–Crippen MR) is 79.5 cm³/mol. The summed E-state index contributed by atoms with van der Waals surface area (Å²) in [5, 5.41) is 12.5. The lowest BCUT2D eigenvalue weighted by Gasteiger charge is -2.29. The average molecular weight is 326 g/mol. The molecule has 112 valence electrons. The third-order valence-electron chi connectivity index (χ3n) is 4.14. The lowest BCUT2D eigenvalue weighted by molar-refractivity contribution is 0.345. The fourth-order valence-corrected chi connectivity index (χ4v) is 5.00. The first kappa shape index (κ1) is 14.8. The summed E-state index contributed by atoms with van der Waals surface area (Å²) in [6.45, 7) is 0. The monoisotopic (exact) mass is 325 g/mol. The third kappa shape index (κ3) is 3.06. The molecule has 0 amide bonds. The van der Waals surface area contributed by atoms with Crippen LogP contribution in [0.1, 0.15) is 31.2 Å². The molecule has 2 fully saturated rings. The molecule has 2 aliphatic heterocycles. The van der Waals surface area contributed by atoms with Crippen LogP contribution in [-0.4, -0.2) is 26.5 Å². The van der Waals surface area contributed by atoms with Crippen molar-refractivity contribution in [2.24, 2.45) is 0 Å². The molecule has 1 aromatic carbocycles. The summed E-state index contributed by atoms with van der Waals surface area (Å²) in [6, 6.07) is 6.93. The van der Waals surface area contributed by atoms with Crippen molar-refractivity contribution in [3.8, 4) is 6.07 Å². The smallest absolute Gasteiger partial charge is 0.242 e. The van der Waals surface area contributed by atoms with E-state index in [4.69, 9.17) is 16.9 Å². The largest absolute Gasteiger partial charge is 0.311 e. The molecule has 2 atom stereocenters. The van der Waals surface area contributed by atoms with E-state index < -0.39 is 10.0 Å². The van der Waals surface area contributed by atoms with Crippen molar-refractivity contribution in [2.45, 2.75) is 48.7 Å². The van der Waals surface area contributed by atoms with Crippen LogP contribution in [0.5, 0.6) is 0 Å². The molecular weight excluding hydrogens is 310 g/mol. The minimum Gasteiger partial charge on any atom is -0.311 e. The Bertz CT molecular complexity index is 687. The molecule has 0 radical (unpaired) electrons. The zero-order chi connectivity index (χ0) is 15.0. The Morgan fingerprint density at radius 2 is 1.95 bits per heavy atom. The van der Waals surface area contributed by atoms with Crippen LogP contribution in [0.2, 0.25) is 5.02 Å². The second-order valence-corrected chi connectivity index (χ2v) is 7.77. The zero-order valence-corrected chi connectivity index (χ0v) is 12.9. The first-order chi connectivity index (χ1) is 9.98. The molecule has 2 bridgehead atoms. The van der Waals surface area contributed by atoms with Crippen molar-refractivity contribution in [3.05, 3.63) is 28.8 Å². The molecule has 3 rings (SSSR count). The van der Waals surface area contributed by atoms with Crippen molar-refractivity contribution in [2.75, 3.05) is 0 Å². The highest BCUT2D eigenvalue weighted by atomic mass is 35.5. The van der Waals surface area contributed by atoms with Crippen LogP contribution in [0.3, 0.4) is 0 Å². The van der Waals surface area contributed by atoms with Gasteiger partial charge in [0.2, 0.25) is 10.0 Å². The zero-order valence-electron chi connectivity index (χ0n) is 11.3. The molecule has 5 nitrogen and oxygen atoms in total. The number of sulfonamides is 1. The maximum absolute atomic E-state index is 12.5. The number of hydrogen-bond donors (Lipinski definition) is 2. The summed E-state index contributed by atoms with van der Waals surface area (Å²) in [6.07, 6.45) is 3.80. The van der Waals surface area contributed by atoms with Crippen molar-refractivity contribution in [1.29, 1.82) is 5.26 Å². The SMILES string of the molecule is N#Cc1ccc(Cl)c(S(=O)(=O)NC2CC3CCC(C2)N3)c1. The molecule has 21 heavy (non-hydrogen) atoms. The van der Waals surface area contributed by atoms with E-state index in [9.17, 15) is 8.42 Å². The number of fused-ring (bicyclic) bond motifs is 2. The minimum atomic E-state index is -3.70. The van der Waals surface area contributed by atoms with Crippen molar-refractivity contribution >= 4 is 21.6 Å². The molecule has 0 spiro atoms. The molecule has 2 saturated heterocycles. The summed E-state index contributed by atoms with van der Waals surface area (Å²) >= 11 is 5.98. The Labute approximate surface area is 129 Å². The molecule has 2 N–H and O–H groups in total. The molecule has 2 unspecified atom stereocenters. The van der Waals surface area contributed by atoms with E-state index in [1.54, 1.807) is 0 Å². The van der Waals surface area contributed by atoms with Gasteiger partial charge >= 0.3 is 0 Å². The van der Waals surface area contributed by atoms with E-state index in [-0.39, 0.29) is 21.5 Å². The van der Waals surface area contributed by atoms with Gasteiger partial charge in [-0.25, -0.2) is 13.1 Å². The summed E-state index contributed by atoms with van der Waals surface area (Å²) < 4.78 is 27.7. The van der Waals surface area contributed by atoms with Gasteiger partial charge in [0.1, 0.15) is 4.90 Å². The molecule has 2 heterocycles. The topological polar surface area (TPSA) is 82.0 Å². The standard InChI is InChI=1S/C14H16ClN3O2S/c15-13-4-1-9(8-16)5-14(13)21(19,20)18-12-6-10-2-3-11(7-12)17-10/h1,4-5,10-12,17-18H,2-3,6-7H2. The molecule has 0 saturated carbocycles. The normalized spacial score (nSPS) is 28.3. The van der Waals surface area contributed by atoms with E-state index in [1.807, 2.05) is 6.07 Å².